The molecule has 0 unspecified atom stereocenters. The Hall–Kier alpha value is -4.23. The molecule has 2 aliphatic rings. The number of likely N-dealkylation sites (tertiary alicyclic amines) is 1. The van der Waals surface area contributed by atoms with Gasteiger partial charge < -0.3 is 20.0 Å². The molecule has 15 heteroatoms. The van der Waals surface area contributed by atoms with Gasteiger partial charge in [-0.15, -0.1) is 0 Å². The van der Waals surface area contributed by atoms with Gasteiger partial charge in [-0.05, 0) is 71.9 Å². The van der Waals surface area contributed by atoms with E-state index < -0.39 is 41.5 Å². The Balaban J connectivity index is 1.40. The first-order valence-corrected chi connectivity index (χ1v) is 16.7. The van der Waals surface area contributed by atoms with Crippen molar-refractivity contribution in [2.24, 2.45) is 0 Å². The van der Waals surface area contributed by atoms with E-state index in [1.54, 1.807) is 15.9 Å². The summed E-state index contributed by atoms with van der Waals surface area (Å²) in [6.45, 7) is 1.66. The van der Waals surface area contributed by atoms with E-state index in [-0.39, 0.29) is 58.7 Å². The monoisotopic (exact) mass is 754 g/mol. The minimum absolute atomic E-state index is 0.0283. The maximum Gasteiger partial charge on any atom is 0.416 e. The second-order valence-electron chi connectivity index (χ2n) is 12.7. The zero-order valence-corrected chi connectivity index (χ0v) is 29.1. The third-order valence-corrected chi connectivity index (χ3v) is 9.92. The molecule has 5 rings (SSSR count). The van der Waals surface area contributed by atoms with Crippen molar-refractivity contribution in [2.45, 2.75) is 50.6 Å². The number of nitrogens with one attached hydrogen (secondary N) is 1. The predicted molar refractivity (Wildman–Crippen MR) is 181 cm³/mol. The summed E-state index contributed by atoms with van der Waals surface area (Å²) in [7, 11) is 1.29. The number of urea groups is 1. The number of likely N-dealkylation sites (N-methyl/N-ethyl adjacent to an activating group) is 1. The van der Waals surface area contributed by atoms with Crippen LogP contribution in [-0.2, 0) is 34.0 Å². The fourth-order valence-electron chi connectivity index (χ4n) is 6.66. The molecule has 3 aromatic carbocycles. The number of nitrogens with zero attached hydrogens (tertiary/aromatic N) is 3. The Bertz CT molecular complexity index is 1810. The van der Waals surface area contributed by atoms with Gasteiger partial charge in [0.25, 0.3) is 0 Å². The molecule has 1 N–H and O–H groups in total. The number of carbonyl (C=O) groups is 3. The van der Waals surface area contributed by atoms with Gasteiger partial charge in [-0.2, -0.15) is 26.3 Å². The first-order chi connectivity index (χ1) is 23.9. The maximum atomic E-state index is 13.9. The highest BCUT2D eigenvalue weighted by molar-refractivity contribution is 6.42. The lowest BCUT2D eigenvalue weighted by atomic mass is 9.80. The molecule has 0 saturated carbocycles. The molecule has 1 saturated heterocycles. The summed E-state index contributed by atoms with van der Waals surface area (Å²) in [5.74, 6) is -0.822. The zero-order chi connectivity index (χ0) is 37.3. The molecule has 4 amide bonds. The van der Waals surface area contributed by atoms with Crippen LogP contribution in [0.4, 0.5) is 31.1 Å². The molecule has 272 valence electrons. The van der Waals surface area contributed by atoms with Crippen LogP contribution in [0.1, 0.15) is 54.0 Å². The van der Waals surface area contributed by atoms with E-state index in [1.807, 2.05) is 30.3 Å². The van der Waals surface area contributed by atoms with Crippen molar-refractivity contribution >= 4 is 46.6 Å². The topological polar surface area (TPSA) is 73.0 Å². The molecule has 3 aromatic rings. The summed E-state index contributed by atoms with van der Waals surface area (Å²) in [5.41, 5.74) is -1.91. The number of piperidine rings is 1. The Labute approximate surface area is 300 Å². The third-order valence-electron chi connectivity index (χ3n) is 9.18. The van der Waals surface area contributed by atoms with Crippen molar-refractivity contribution < 1.29 is 40.7 Å². The van der Waals surface area contributed by atoms with Gasteiger partial charge in [0.05, 0.1) is 26.7 Å². The fraction of sp³-hybridized carbons (Fsp3) is 0.361. The van der Waals surface area contributed by atoms with Gasteiger partial charge in [-0.3, -0.25) is 9.59 Å². The van der Waals surface area contributed by atoms with Gasteiger partial charge in [-0.25, -0.2) is 4.79 Å². The van der Waals surface area contributed by atoms with E-state index in [0.29, 0.717) is 49.2 Å². The van der Waals surface area contributed by atoms with Crippen molar-refractivity contribution in [1.29, 1.82) is 0 Å². The number of hydrogen-bond donors (Lipinski definition) is 1. The molecule has 0 atom stereocenters. The van der Waals surface area contributed by atoms with Crippen LogP contribution in [0.25, 0.3) is 5.57 Å². The number of hydrogen-bond acceptors (Lipinski definition) is 3. The lowest BCUT2D eigenvalue weighted by Gasteiger charge is -2.44. The lowest BCUT2D eigenvalue weighted by molar-refractivity contribution is -0.143. The van der Waals surface area contributed by atoms with Crippen LogP contribution in [0, 0.1) is 0 Å². The molecular formula is C36H34Cl2F6N4O3. The minimum atomic E-state index is -5.04. The molecule has 2 heterocycles. The normalized spacial score (nSPS) is 16.6. The van der Waals surface area contributed by atoms with Crippen LogP contribution in [0.5, 0.6) is 0 Å². The van der Waals surface area contributed by atoms with Crippen molar-refractivity contribution in [3.63, 3.8) is 0 Å². The Kier molecular flexibility index (Phi) is 11.0. The quantitative estimate of drug-likeness (QED) is 0.257. The molecule has 0 spiro atoms. The number of rotatable bonds is 6. The highest BCUT2D eigenvalue weighted by atomic mass is 35.5. The van der Waals surface area contributed by atoms with E-state index in [2.05, 4.69) is 5.32 Å². The molecule has 1 fully saturated rings. The summed E-state index contributed by atoms with van der Waals surface area (Å²) >= 11 is 12.5. The van der Waals surface area contributed by atoms with E-state index in [1.165, 1.54) is 26.1 Å². The second-order valence-corrected chi connectivity index (χ2v) is 13.5. The summed E-state index contributed by atoms with van der Waals surface area (Å²) in [4.78, 5) is 44.3. The minimum Gasteiger partial charge on any atom is -0.347 e. The predicted octanol–water partition coefficient (Wildman–Crippen LogP) is 8.40. The smallest absolute Gasteiger partial charge is 0.347 e. The summed E-state index contributed by atoms with van der Waals surface area (Å²) < 4.78 is 81.0. The van der Waals surface area contributed by atoms with Crippen LogP contribution < -0.4 is 5.32 Å². The Morgan fingerprint density at radius 3 is 1.98 bits per heavy atom. The van der Waals surface area contributed by atoms with Crippen molar-refractivity contribution in [3.05, 3.63) is 110 Å². The van der Waals surface area contributed by atoms with Gasteiger partial charge in [0.15, 0.2) is 0 Å². The molecular weight excluding hydrogens is 721 g/mol. The van der Waals surface area contributed by atoms with Gasteiger partial charge in [0.2, 0.25) is 11.8 Å². The molecule has 51 heavy (non-hydrogen) atoms. The zero-order valence-electron chi connectivity index (χ0n) is 27.6. The van der Waals surface area contributed by atoms with Crippen molar-refractivity contribution in [2.75, 3.05) is 33.2 Å². The van der Waals surface area contributed by atoms with Gasteiger partial charge in [-0.1, -0.05) is 59.6 Å². The molecule has 0 aliphatic carbocycles. The highest BCUT2D eigenvalue weighted by Gasteiger charge is 2.40. The number of amides is 4. The van der Waals surface area contributed by atoms with Crippen LogP contribution in [0.2, 0.25) is 10.0 Å². The highest BCUT2D eigenvalue weighted by Crippen LogP contribution is 2.38. The third kappa shape index (κ3) is 8.64. The van der Waals surface area contributed by atoms with E-state index in [4.69, 9.17) is 23.2 Å². The molecule has 0 bridgehead atoms. The molecule has 0 radical (unpaired) electrons. The Morgan fingerprint density at radius 2 is 1.43 bits per heavy atom. The SMILES string of the molecule is CC(=O)NC1(c2ccccc2)CCN(C(=O)N2CCC(C(=O)N(C)Cc3cc(C(F)(F)F)cc(C(F)(F)F)c3)=C(c3ccc(Cl)c(Cl)c3)C2)CC1. The number of halogens is 8. The maximum absolute atomic E-state index is 13.9. The van der Waals surface area contributed by atoms with Crippen LogP contribution >= 0.6 is 23.2 Å². The van der Waals surface area contributed by atoms with Crippen LogP contribution in [0.15, 0.2) is 72.3 Å². The van der Waals surface area contributed by atoms with Crippen LogP contribution in [0.3, 0.4) is 0 Å². The number of carbonyl (C=O) groups excluding carboxylic acids is 3. The van der Waals surface area contributed by atoms with E-state index in [9.17, 15) is 40.7 Å². The molecule has 0 aromatic heterocycles. The average Bonchev–Trinajstić information content (AvgIpc) is 3.08. The average molecular weight is 756 g/mol. The van der Waals surface area contributed by atoms with Crippen molar-refractivity contribution in [1.82, 2.24) is 20.0 Å². The lowest BCUT2D eigenvalue weighted by Crippen LogP contribution is -2.56. The van der Waals surface area contributed by atoms with E-state index >= 15 is 0 Å². The fourth-order valence-corrected chi connectivity index (χ4v) is 6.96. The Morgan fingerprint density at radius 1 is 0.824 bits per heavy atom. The van der Waals surface area contributed by atoms with Gasteiger partial charge in [0, 0.05) is 52.3 Å². The van der Waals surface area contributed by atoms with Gasteiger partial charge in [0.1, 0.15) is 0 Å². The number of alkyl halides is 6. The molecule has 2 aliphatic heterocycles. The largest absolute Gasteiger partial charge is 0.416 e. The summed E-state index contributed by atoms with van der Waals surface area (Å²) in [6, 6.07) is 15.1. The van der Waals surface area contributed by atoms with Crippen LogP contribution in [-0.4, -0.2) is 65.8 Å². The van der Waals surface area contributed by atoms with Gasteiger partial charge >= 0.3 is 18.4 Å². The first-order valence-electron chi connectivity index (χ1n) is 16.0. The van der Waals surface area contributed by atoms with E-state index in [0.717, 1.165) is 10.5 Å². The summed E-state index contributed by atoms with van der Waals surface area (Å²) in [6.07, 6.45) is -9.10. The molecule has 7 nitrogen and oxygen atoms in total. The van der Waals surface area contributed by atoms with Crippen molar-refractivity contribution in [3.8, 4) is 0 Å². The number of benzene rings is 3. The second kappa shape index (κ2) is 14.8. The standard InChI is InChI=1S/C36H34Cl2F6N4O3/c1-22(49)45-34(25-6-4-3-5-7-25)11-14-47(15-12-34)33(51)48-13-10-28(29(21-48)24-8-9-30(37)31(38)18-24)32(50)46(2)20-23-16-26(35(39,40)41)19-27(17-23)36(42,43)44/h3-9,16-19H,10-15,20-21H2,1-2H3,(H,45,49). The first kappa shape index (κ1) is 38.0. The summed E-state index contributed by atoms with van der Waals surface area (Å²) in [5, 5.41) is 3.51.